The van der Waals surface area contributed by atoms with E-state index in [2.05, 4.69) is 41.9 Å². The second kappa shape index (κ2) is 8.23. The molecule has 164 valence electrons. The number of fused-ring (bicyclic) bond motifs is 1. The maximum Gasteiger partial charge on any atom is 0.439 e. The van der Waals surface area contributed by atoms with Crippen LogP contribution < -0.4 is 11.5 Å². The van der Waals surface area contributed by atoms with Gasteiger partial charge in [-0.2, -0.15) is 0 Å². The van der Waals surface area contributed by atoms with Gasteiger partial charge in [0.2, 0.25) is 11.6 Å². The molecule has 1 aliphatic carbocycles. The van der Waals surface area contributed by atoms with Crippen molar-refractivity contribution in [3.05, 3.63) is 52.8 Å². The molecule has 0 atom stereocenters. The summed E-state index contributed by atoms with van der Waals surface area (Å²) in [5, 5.41) is 4.21. The van der Waals surface area contributed by atoms with Gasteiger partial charge in [-0.1, -0.05) is 22.8 Å². The van der Waals surface area contributed by atoms with Crippen molar-refractivity contribution in [3.63, 3.8) is 0 Å². The van der Waals surface area contributed by atoms with Gasteiger partial charge in [-0.25, -0.2) is 19.7 Å². The minimum Gasteiger partial charge on any atom is -0.399 e. The second-order valence-electron chi connectivity index (χ2n) is 8.20. The average Bonchev–Trinajstić information content (AvgIpc) is 3.39. The molecule has 0 unspecified atom stereocenters. The molecule has 0 saturated heterocycles. The van der Waals surface area contributed by atoms with E-state index in [1.165, 1.54) is 0 Å². The van der Waals surface area contributed by atoms with E-state index in [1.54, 1.807) is 24.5 Å². The summed E-state index contributed by atoms with van der Waals surface area (Å²) in [5.41, 5.74) is 9.18. The van der Waals surface area contributed by atoms with E-state index in [0.717, 1.165) is 43.3 Å². The molecule has 4 aromatic rings. The van der Waals surface area contributed by atoms with Crippen LogP contribution >= 0.6 is 11.6 Å². The Kier molecular flexibility index (Phi) is 5.26. The van der Waals surface area contributed by atoms with Crippen molar-refractivity contribution >= 4 is 28.5 Å². The first-order valence-corrected chi connectivity index (χ1v) is 10.9. The molecule has 1 fully saturated rings. The van der Waals surface area contributed by atoms with E-state index >= 15 is 0 Å². The third kappa shape index (κ3) is 3.91. The molecular weight excluding hydrogens is 430 g/mol. The molecule has 0 spiro atoms. The molecule has 3 aromatic heterocycles. The smallest absolute Gasteiger partial charge is 0.399 e. The number of hydrogen-bond donors (Lipinski definition) is 2. The SMILES string of the molecule is C=CC1CCC(Cn2cnc3nc(-c4noc(=O)[nH]4)nc(-c4cc(N)cc(Cl)c4)c32)CC1. The molecule has 10 heteroatoms. The van der Waals surface area contributed by atoms with Crippen LogP contribution in [0.1, 0.15) is 25.7 Å². The number of benzene rings is 1. The summed E-state index contributed by atoms with van der Waals surface area (Å²) in [6, 6.07) is 5.27. The molecular formula is C22H22ClN7O2. The number of halogens is 1. The van der Waals surface area contributed by atoms with Crippen molar-refractivity contribution in [3.8, 4) is 22.9 Å². The molecule has 0 bridgehead atoms. The summed E-state index contributed by atoms with van der Waals surface area (Å²) < 4.78 is 6.72. The highest BCUT2D eigenvalue weighted by molar-refractivity contribution is 6.31. The van der Waals surface area contributed by atoms with Gasteiger partial charge < -0.3 is 10.3 Å². The maximum atomic E-state index is 11.4. The molecule has 3 N–H and O–H groups in total. The molecule has 5 rings (SSSR count). The van der Waals surface area contributed by atoms with Crippen LogP contribution in [-0.2, 0) is 6.54 Å². The summed E-state index contributed by atoms with van der Waals surface area (Å²) in [7, 11) is 0. The lowest BCUT2D eigenvalue weighted by atomic mass is 9.82. The fourth-order valence-corrected chi connectivity index (χ4v) is 4.63. The Morgan fingerprint density at radius 3 is 2.75 bits per heavy atom. The topological polar surface area (TPSA) is 129 Å². The van der Waals surface area contributed by atoms with Crippen molar-refractivity contribution < 1.29 is 4.52 Å². The van der Waals surface area contributed by atoms with Crippen molar-refractivity contribution in [2.24, 2.45) is 11.8 Å². The predicted molar refractivity (Wildman–Crippen MR) is 122 cm³/mol. The van der Waals surface area contributed by atoms with Gasteiger partial charge in [-0.3, -0.25) is 9.51 Å². The third-order valence-electron chi connectivity index (χ3n) is 6.00. The minimum atomic E-state index is -0.682. The summed E-state index contributed by atoms with van der Waals surface area (Å²) in [5.74, 6) is 0.788. The second-order valence-corrected chi connectivity index (χ2v) is 8.63. The number of aromatic amines is 1. The molecule has 1 aromatic carbocycles. The van der Waals surface area contributed by atoms with Crippen LogP contribution in [0, 0.1) is 11.8 Å². The zero-order valence-corrected chi connectivity index (χ0v) is 18.0. The average molecular weight is 452 g/mol. The lowest BCUT2D eigenvalue weighted by Crippen LogP contribution is -2.18. The van der Waals surface area contributed by atoms with Crippen molar-refractivity contribution in [2.75, 3.05) is 5.73 Å². The largest absolute Gasteiger partial charge is 0.439 e. The summed E-state index contributed by atoms with van der Waals surface area (Å²) in [6.45, 7) is 4.75. The Bertz CT molecular complexity index is 1330. The van der Waals surface area contributed by atoms with Gasteiger partial charge in [0.25, 0.3) is 0 Å². The summed E-state index contributed by atoms with van der Waals surface area (Å²) >= 11 is 6.28. The zero-order valence-electron chi connectivity index (χ0n) is 17.3. The van der Waals surface area contributed by atoms with Gasteiger partial charge in [-0.15, -0.1) is 6.58 Å². The van der Waals surface area contributed by atoms with Gasteiger partial charge in [0.05, 0.1) is 6.33 Å². The van der Waals surface area contributed by atoms with E-state index in [0.29, 0.717) is 33.9 Å². The number of hydrogen-bond acceptors (Lipinski definition) is 7. The molecule has 0 amide bonds. The number of nitrogens with zero attached hydrogens (tertiary/aromatic N) is 5. The van der Waals surface area contributed by atoms with Gasteiger partial charge in [-0.05, 0) is 55.7 Å². The van der Waals surface area contributed by atoms with Crippen LogP contribution in [0.5, 0.6) is 0 Å². The number of allylic oxidation sites excluding steroid dienone is 1. The fourth-order valence-electron chi connectivity index (χ4n) is 4.39. The van der Waals surface area contributed by atoms with E-state index in [1.807, 2.05) is 0 Å². The predicted octanol–water partition coefficient (Wildman–Crippen LogP) is 4.06. The number of imidazole rings is 1. The molecule has 9 nitrogen and oxygen atoms in total. The Morgan fingerprint density at radius 2 is 2.06 bits per heavy atom. The van der Waals surface area contributed by atoms with Gasteiger partial charge in [0, 0.05) is 22.8 Å². The number of nitrogen functional groups attached to an aromatic ring is 1. The van der Waals surface area contributed by atoms with E-state index < -0.39 is 5.76 Å². The third-order valence-corrected chi connectivity index (χ3v) is 6.22. The number of nitrogens with two attached hydrogens (primary N) is 1. The summed E-state index contributed by atoms with van der Waals surface area (Å²) in [6.07, 6.45) is 8.42. The van der Waals surface area contributed by atoms with E-state index in [4.69, 9.17) is 22.3 Å². The Labute approximate surface area is 188 Å². The number of rotatable bonds is 5. The van der Waals surface area contributed by atoms with Crippen LogP contribution in [0.15, 0.2) is 46.5 Å². The van der Waals surface area contributed by atoms with Crippen LogP contribution in [0.3, 0.4) is 0 Å². The molecule has 3 heterocycles. The lowest BCUT2D eigenvalue weighted by molar-refractivity contribution is 0.283. The molecule has 32 heavy (non-hydrogen) atoms. The number of anilines is 1. The minimum absolute atomic E-state index is 0.130. The van der Waals surface area contributed by atoms with Crippen molar-refractivity contribution in [1.82, 2.24) is 29.7 Å². The Balaban J connectivity index is 1.62. The normalized spacial score (nSPS) is 18.8. The first-order chi connectivity index (χ1) is 15.5. The van der Waals surface area contributed by atoms with Gasteiger partial charge in [0.1, 0.15) is 11.2 Å². The molecule has 1 saturated carbocycles. The lowest BCUT2D eigenvalue weighted by Gasteiger charge is -2.27. The quantitative estimate of drug-likeness (QED) is 0.345. The number of nitrogens with one attached hydrogen (secondary N) is 1. The number of H-pyrrole nitrogens is 1. The molecule has 0 aliphatic heterocycles. The monoisotopic (exact) mass is 451 g/mol. The van der Waals surface area contributed by atoms with Crippen molar-refractivity contribution in [1.29, 1.82) is 0 Å². The van der Waals surface area contributed by atoms with Crippen LogP contribution in [-0.4, -0.2) is 29.7 Å². The van der Waals surface area contributed by atoms with Crippen LogP contribution in [0.4, 0.5) is 5.69 Å². The first-order valence-electron chi connectivity index (χ1n) is 10.5. The zero-order chi connectivity index (χ0) is 22.2. The molecule has 0 radical (unpaired) electrons. The van der Waals surface area contributed by atoms with Gasteiger partial charge >= 0.3 is 5.76 Å². The Hall–Kier alpha value is -3.46. The highest BCUT2D eigenvalue weighted by Crippen LogP contribution is 2.34. The number of aromatic nitrogens is 6. The fraction of sp³-hybridized carbons (Fsp3) is 0.318. The van der Waals surface area contributed by atoms with E-state index in [9.17, 15) is 4.79 Å². The molecule has 1 aliphatic rings. The standard InChI is InChI=1S/C22H22ClN7O2/c1-2-12-3-5-13(6-4-12)10-30-11-25-19-18(30)17(14-7-15(23)9-16(24)8-14)26-20(27-19)21-28-22(31)32-29-21/h2,7-9,11-13H,1,3-6,10,24H2,(H,28,29,31). The van der Waals surface area contributed by atoms with Crippen LogP contribution in [0.25, 0.3) is 34.1 Å². The highest BCUT2D eigenvalue weighted by Gasteiger charge is 2.23. The summed E-state index contributed by atoms with van der Waals surface area (Å²) in [4.78, 5) is 27.7. The first kappa shape index (κ1) is 20.4. The highest BCUT2D eigenvalue weighted by atomic mass is 35.5. The van der Waals surface area contributed by atoms with Crippen LogP contribution in [0.2, 0.25) is 5.02 Å². The van der Waals surface area contributed by atoms with E-state index in [-0.39, 0.29) is 11.6 Å². The van der Waals surface area contributed by atoms with Crippen molar-refractivity contribution in [2.45, 2.75) is 32.2 Å². The maximum absolute atomic E-state index is 11.4. The Morgan fingerprint density at radius 1 is 1.25 bits per heavy atom. The van der Waals surface area contributed by atoms with Gasteiger partial charge in [0.15, 0.2) is 5.65 Å².